The van der Waals surface area contributed by atoms with Gasteiger partial charge < -0.3 is 5.32 Å². The van der Waals surface area contributed by atoms with Crippen LogP contribution in [0.2, 0.25) is 0 Å². The maximum Gasteiger partial charge on any atom is 0.225 e. The summed E-state index contributed by atoms with van der Waals surface area (Å²) in [5.74, 6) is 1.24. The minimum absolute atomic E-state index is 0.0674. The second-order valence-electron chi connectivity index (χ2n) is 5.71. The van der Waals surface area contributed by atoms with Gasteiger partial charge in [-0.25, -0.2) is 0 Å². The van der Waals surface area contributed by atoms with Crippen molar-refractivity contribution in [3.05, 3.63) is 30.1 Å². The second kappa shape index (κ2) is 6.08. The van der Waals surface area contributed by atoms with E-state index in [0.717, 1.165) is 16.8 Å². The molecule has 0 spiro atoms. The quantitative estimate of drug-likeness (QED) is 0.905. The summed E-state index contributed by atoms with van der Waals surface area (Å²) in [5.41, 5.74) is 2.90. The van der Waals surface area contributed by atoms with Crippen molar-refractivity contribution in [3.63, 3.8) is 0 Å². The summed E-state index contributed by atoms with van der Waals surface area (Å²) in [6.07, 6.45) is 8.96. The van der Waals surface area contributed by atoms with E-state index in [1.807, 2.05) is 19.1 Å². The van der Waals surface area contributed by atoms with Crippen LogP contribution in [0.25, 0.3) is 11.3 Å². The van der Waals surface area contributed by atoms with Gasteiger partial charge in [-0.3, -0.25) is 14.9 Å². The molecule has 2 aromatic rings. The van der Waals surface area contributed by atoms with Crippen molar-refractivity contribution >= 4 is 11.7 Å². The summed E-state index contributed by atoms with van der Waals surface area (Å²) in [6.45, 7) is 1.96. The van der Waals surface area contributed by atoms with Crippen molar-refractivity contribution < 1.29 is 4.79 Å². The molecule has 1 saturated carbocycles. The highest BCUT2D eigenvalue weighted by Crippen LogP contribution is 2.29. The van der Waals surface area contributed by atoms with Crippen molar-refractivity contribution in [2.45, 2.75) is 39.0 Å². The summed E-state index contributed by atoms with van der Waals surface area (Å²) in [6, 6.07) is 3.84. The van der Waals surface area contributed by atoms with Crippen LogP contribution in [0.1, 0.15) is 37.7 Å². The fourth-order valence-electron chi connectivity index (χ4n) is 2.98. The number of H-pyrrole nitrogens is 1. The number of nitrogens with zero attached hydrogens (tertiary/aromatic N) is 2. The Balaban J connectivity index is 1.69. The largest absolute Gasteiger partial charge is 0.309 e. The first-order valence-corrected chi connectivity index (χ1v) is 7.49. The fraction of sp³-hybridized carbons (Fsp3) is 0.438. The van der Waals surface area contributed by atoms with Crippen LogP contribution in [0.5, 0.6) is 0 Å². The van der Waals surface area contributed by atoms with Gasteiger partial charge in [-0.2, -0.15) is 5.10 Å². The Morgan fingerprint density at radius 2 is 2.05 bits per heavy atom. The van der Waals surface area contributed by atoms with Crippen LogP contribution in [0.15, 0.2) is 24.5 Å². The Hall–Kier alpha value is -2.17. The fourth-order valence-corrected chi connectivity index (χ4v) is 2.98. The van der Waals surface area contributed by atoms with E-state index >= 15 is 0 Å². The number of hydrogen-bond acceptors (Lipinski definition) is 3. The summed E-state index contributed by atoms with van der Waals surface area (Å²) in [5, 5.41) is 10.2. The van der Waals surface area contributed by atoms with Crippen molar-refractivity contribution in [1.82, 2.24) is 15.2 Å². The van der Waals surface area contributed by atoms with Gasteiger partial charge in [-0.05, 0) is 37.8 Å². The van der Waals surface area contributed by atoms with Crippen molar-refractivity contribution in [2.24, 2.45) is 5.92 Å². The van der Waals surface area contributed by atoms with Crippen molar-refractivity contribution in [2.75, 3.05) is 5.32 Å². The molecule has 2 heterocycles. The maximum atomic E-state index is 12.1. The molecule has 1 fully saturated rings. The highest BCUT2D eigenvalue weighted by Gasteiger charge is 2.20. The number of amides is 1. The maximum absolute atomic E-state index is 12.1. The first kappa shape index (κ1) is 13.8. The number of carbonyl (C=O) groups is 1. The van der Waals surface area contributed by atoms with Crippen LogP contribution < -0.4 is 5.32 Å². The smallest absolute Gasteiger partial charge is 0.225 e. The monoisotopic (exact) mass is 284 g/mol. The average molecular weight is 284 g/mol. The minimum atomic E-state index is 0.0674. The van der Waals surface area contributed by atoms with Gasteiger partial charge in [0.25, 0.3) is 0 Å². The highest BCUT2D eigenvalue weighted by molar-refractivity contribution is 5.91. The van der Waals surface area contributed by atoms with Gasteiger partial charge in [0.1, 0.15) is 0 Å². The lowest BCUT2D eigenvalue weighted by molar-refractivity contribution is -0.117. The van der Waals surface area contributed by atoms with Crippen LogP contribution in [-0.4, -0.2) is 21.1 Å². The van der Waals surface area contributed by atoms with Gasteiger partial charge in [0.2, 0.25) is 5.91 Å². The van der Waals surface area contributed by atoms with Crippen LogP contribution >= 0.6 is 0 Å². The van der Waals surface area contributed by atoms with Gasteiger partial charge in [0.05, 0.1) is 5.69 Å². The first-order chi connectivity index (χ1) is 10.2. The zero-order chi connectivity index (χ0) is 14.7. The molecular formula is C16H20N4O. The molecule has 1 aliphatic carbocycles. The van der Waals surface area contributed by atoms with E-state index < -0.39 is 0 Å². The summed E-state index contributed by atoms with van der Waals surface area (Å²) in [4.78, 5) is 16.1. The van der Waals surface area contributed by atoms with E-state index in [2.05, 4.69) is 20.5 Å². The third kappa shape index (κ3) is 3.12. The van der Waals surface area contributed by atoms with Gasteiger partial charge in [-0.1, -0.05) is 12.8 Å². The molecule has 21 heavy (non-hydrogen) atoms. The number of hydrogen-bond donors (Lipinski definition) is 2. The molecule has 0 bridgehead atoms. The Kier molecular flexibility index (Phi) is 3.99. The van der Waals surface area contributed by atoms with Crippen LogP contribution in [0.3, 0.4) is 0 Å². The van der Waals surface area contributed by atoms with Crippen LogP contribution in [-0.2, 0) is 4.79 Å². The Bertz CT molecular complexity index is 614. The molecule has 5 heteroatoms. The van der Waals surface area contributed by atoms with Gasteiger partial charge in [0, 0.05) is 29.9 Å². The van der Waals surface area contributed by atoms with E-state index in [0.29, 0.717) is 18.2 Å². The summed E-state index contributed by atoms with van der Waals surface area (Å²) < 4.78 is 0. The third-order valence-electron chi connectivity index (χ3n) is 4.19. The Morgan fingerprint density at radius 3 is 2.76 bits per heavy atom. The highest BCUT2D eigenvalue weighted by atomic mass is 16.1. The van der Waals surface area contributed by atoms with E-state index in [-0.39, 0.29) is 5.91 Å². The lowest BCUT2D eigenvalue weighted by Crippen LogP contribution is -2.15. The molecule has 1 aliphatic rings. The van der Waals surface area contributed by atoms with E-state index in [4.69, 9.17) is 0 Å². The number of aromatic nitrogens is 3. The zero-order valence-electron chi connectivity index (χ0n) is 12.2. The standard InChI is InChI=1S/C16H20N4O/c1-11-15(13-6-8-17-9-7-13)19-20-16(11)18-14(21)10-12-4-2-3-5-12/h6-9,12H,2-5,10H2,1H3,(H2,18,19,20,21). The Labute approximate surface area is 124 Å². The van der Waals surface area contributed by atoms with Crippen LogP contribution in [0.4, 0.5) is 5.82 Å². The van der Waals surface area contributed by atoms with Crippen molar-refractivity contribution in [1.29, 1.82) is 0 Å². The van der Waals surface area contributed by atoms with E-state index in [9.17, 15) is 4.79 Å². The summed E-state index contributed by atoms with van der Waals surface area (Å²) in [7, 11) is 0. The lowest BCUT2D eigenvalue weighted by Gasteiger charge is -2.08. The molecule has 5 nitrogen and oxygen atoms in total. The van der Waals surface area contributed by atoms with Crippen molar-refractivity contribution in [3.8, 4) is 11.3 Å². The number of rotatable bonds is 4. The number of aromatic amines is 1. The topological polar surface area (TPSA) is 70.7 Å². The molecule has 0 unspecified atom stereocenters. The predicted molar refractivity (Wildman–Crippen MR) is 81.8 cm³/mol. The first-order valence-electron chi connectivity index (χ1n) is 7.49. The number of carbonyl (C=O) groups excluding carboxylic acids is 1. The lowest BCUT2D eigenvalue weighted by atomic mass is 10.0. The van der Waals surface area contributed by atoms with Gasteiger partial charge in [-0.15, -0.1) is 0 Å². The normalized spacial score (nSPS) is 15.3. The molecule has 1 amide bonds. The molecule has 0 radical (unpaired) electrons. The second-order valence-corrected chi connectivity index (χ2v) is 5.71. The molecular weight excluding hydrogens is 264 g/mol. The zero-order valence-corrected chi connectivity index (χ0v) is 12.2. The molecule has 2 aromatic heterocycles. The number of nitrogens with one attached hydrogen (secondary N) is 2. The van der Waals surface area contributed by atoms with Gasteiger partial charge >= 0.3 is 0 Å². The van der Waals surface area contributed by atoms with Gasteiger partial charge in [0.15, 0.2) is 5.82 Å². The molecule has 2 N–H and O–H groups in total. The molecule has 3 rings (SSSR count). The minimum Gasteiger partial charge on any atom is -0.309 e. The molecule has 0 aromatic carbocycles. The third-order valence-corrected chi connectivity index (χ3v) is 4.19. The Morgan fingerprint density at radius 1 is 1.33 bits per heavy atom. The molecule has 110 valence electrons. The molecule has 0 atom stereocenters. The van der Waals surface area contributed by atoms with E-state index in [1.54, 1.807) is 12.4 Å². The van der Waals surface area contributed by atoms with Crippen LogP contribution in [0, 0.1) is 12.8 Å². The SMILES string of the molecule is Cc1c(NC(=O)CC2CCCC2)n[nH]c1-c1ccncc1. The molecule has 0 saturated heterocycles. The molecule has 0 aliphatic heterocycles. The van der Waals surface area contributed by atoms with E-state index in [1.165, 1.54) is 25.7 Å². The number of anilines is 1. The summed E-state index contributed by atoms with van der Waals surface area (Å²) >= 11 is 0. The number of pyridine rings is 1. The average Bonchev–Trinajstić information content (AvgIpc) is 3.11. The predicted octanol–water partition coefficient (Wildman–Crippen LogP) is 3.30.